The van der Waals surface area contributed by atoms with Gasteiger partial charge in [0.2, 0.25) is 11.6 Å². The zero-order valence-corrected chi connectivity index (χ0v) is 22.5. The van der Waals surface area contributed by atoms with Crippen molar-refractivity contribution in [2.75, 3.05) is 0 Å². The molecule has 5 aromatic rings. The number of aromatic nitrogens is 8. The Morgan fingerprint density at radius 2 is 0.925 bits per heavy atom. The topological polar surface area (TPSA) is 323 Å². The lowest BCUT2D eigenvalue weighted by Gasteiger charge is -2.04. The minimum Gasteiger partial charge on any atom is -0.545 e. The van der Waals surface area contributed by atoms with Crippen molar-refractivity contribution in [2.45, 2.75) is 27.7 Å². The predicted molar refractivity (Wildman–Crippen MR) is 140 cm³/mol. The number of carbonyl (C=O) groups is 2. The number of rotatable bonds is 2. The third-order valence-corrected chi connectivity index (χ3v) is 3.99. The Balaban J connectivity index is -0.000000204. The van der Waals surface area contributed by atoms with Gasteiger partial charge in [-0.05, 0) is 25.0 Å². The van der Waals surface area contributed by atoms with Crippen molar-refractivity contribution in [2.24, 2.45) is 0 Å². The summed E-state index contributed by atoms with van der Waals surface area (Å²) in [5.41, 5.74) is -0.111. The third-order valence-electron chi connectivity index (χ3n) is 3.99. The standard InChI is InChI=1S/C8H6O4.4C4H6N2.4H2O/c9-7(10)5-1-2-6(4-3-5)8(11)12;4*1-4-5-2-3-6-4;;;;/h1-4H,(H,9,10)(H,11,12);4*2-3H,1H3,(H,5,6);4*1H2. The second-order valence-electron chi connectivity index (χ2n) is 7.00. The molecule has 0 spiro atoms. The lowest BCUT2D eigenvalue weighted by molar-refractivity contribution is -0.385. The van der Waals surface area contributed by atoms with Crippen LogP contribution in [0.15, 0.2) is 73.8 Å². The monoisotopic (exact) mass is 566 g/mol. The number of imidazole rings is 4. The van der Waals surface area contributed by atoms with Gasteiger partial charge in [-0.3, -0.25) is 0 Å². The zero-order chi connectivity index (χ0) is 26.8. The van der Waals surface area contributed by atoms with Crippen LogP contribution in [0.3, 0.4) is 0 Å². The largest absolute Gasteiger partial charge is 0.545 e. The summed E-state index contributed by atoms with van der Waals surface area (Å²) in [7, 11) is 0. The SMILES string of the molecule is Cc1[nH]cc[nH+]1.Cc1[nH]cc[nH+]1.Cc1ncc[nH]1.Cc1ncc[nH]1.O.O.O.O.O=C([O-])c1ccc(C(=O)[O-])cc1. The first kappa shape index (κ1) is 41.9. The van der Waals surface area contributed by atoms with Crippen LogP contribution < -0.4 is 20.2 Å². The lowest BCUT2D eigenvalue weighted by Crippen LogP contribution is -2.24. The molecular formula is C24H38N8O8. The molecule has 4 aromatic heterocycles. The molecule has 0 saturated carbocycles. The molecule has 0 fully saturated rings. The first-order valence-corrected chi connectivity index (χ1v) is 10.7. The molecule has 14 N–H and O–H groups in total. The normalized spacial score (nSPS) is 8.10. The van der Waals surface area contributed by atoms with Crippen molar-refractivity contribution in [3.05, 3.63) is 108 Å². The van der Waals surface area contributed by atoms with Crippen molar-refractivity contribution in [1.29, 1.82) is 0 Å². The van der Waals surface area contributed by atoms with Gasteiger partial charge in [-0.1, -0.05) is 24.3 Å². The first-order valence-electron chi connectivity index (χ1n) is 10.7. The van der Waals surface area contributed by atoms with Gasteiger partial charge in [0.1, 0.15) is 36.4 Å². The summed E-state index contributed by atoms with van der Waals surface area (Å²) < 4.78 is 0. The molecule has 0 bridgehead atoms. The maximum absolute atomic E-state index is 10.2. The number of aromatic carboxylic acids is 2. The van der Waals surface area contributed by atoms with Crippen molar-refractivity contribution >= 4 is 11.9 Å². The highest BCUT2D eigenvalue weighted by molar-refractivity contribution is 5.89. The van der Waals surface area contributed by atoms with E-state index < -0.39 is 11.9 Å². The Hall–Kier alpha value is -5.16. The van der Waals surface area contributed by atoms with Gasteiger partial charge >= 0.3 is 0 Å². The van der Waals surface area contributed by atoms with E-state index in [1.807, 2.05) is 52.5 Å². The molecule has 1 aromatic carbocycles. The molecule has 0 radical (unpaired) electrons. The number of nitrogens with zero attached hydrogens (tertiary/aromatic N) is 2. The summed E-state index contributed by atoms with van der Waals surface area (Å²) in [5, 5.41) is 20.4. The Labute approximate surface area is 229 Å². The van der Waals surface area contributed by atoms with Gasteiger partial charge in [-0.25, -0.2) is 29.9 Å². The quantitative estimate of drug-likeness (QED) is 0.170. The minimum atomic E-state index is -1.33. The summed E-state index contributed by atoms with van der Waals surface area (Å²) >= 11 is 0. The molecule has 0 unspecified atom stereocenters. The summed E-state index contributed by atoms with van der Waals surface area (Å²) in [6.45, 7) is 7.78. The van der Waals surface area contributed by atoms with Crippen LogP contribution in [0.2, 0.25) is 0 Å². The van der Waals surface area contributed by atoms with Crippen molar-refractivity contribution in [3.8, 4) is 0 Å². The number of aryl methyl sites for hydroxylation is 4. The van der Waals surface area contributed by atoms with Crippen molar-refractivity contribution in [1.82, 2.24) is 29.9 Å². The van der Waals surface area contributed by atoms with E-state index in [1.54, 1.807) is 24.8 Å². The molecule has 0 aliphatic rings. The second-order valence-corrected chi connectivity index (χ2v) is 7.00. The molecule has 5 rings (SSSR count). The highest BCUT2D eigenvalue weighted by atomic mass is 16.4. The Bertz CT molecular complexity index is 1050. The Kier molecular flexibility index (Phi) is 25.4. The average Bonchev–Trinajstić information content (AvgIpc) is 3.67. The molecule has 0 aliphatic heterocycles. The van der Waals surface area contributed by atoms with Crippen LogP contribution in [0, 0.1) is 27.7 Å². The molecule has 0 amide bonds. The molecular weight excluding hydrogens is 528 g/mol. The third kappa shape index (κ3) is 20.0. The van der Waals surface area contributed by atoms with Gasteiger partial charge in [0.15, 0.2) is 0 Å². The fourth-order valence-electron chi connectivity index (χ4n) is 2.18. The number of aromatic amines is 6. The molecule has 222 valence electrons. The van der Waals surface area contributed by atoms with E-state index in [4.69, 9.17) is 0 Å². The van der Waals surface area contributed by atoms with E-state index in [0.717, 1.165) is 47.6 Å². The van der Waals surface area contributed by atoms with Gasteiger partial charge in [0.25, 0.3) is 0 Å². The molecule has 16 nitrogen and oxygen atoms in total. The van der Waals surface area contributed by atoms with Crippen LogP contribution >= 0.6 is 0 Å². The number of hydrogen-bond acceptors (Lipinski definition) is 6. The smallest absolute Gasteiger partial charge is 0.248 e. The van der Waals surface area contributed by atoms with E-state index in [-0.39, 0.29) is 33.0 Å². The number of H-pyrrole nitrogens is 6. The molecule has 16 heteroatoms. The maximum atomic E-state index is 10.2. The van der Waals surface area contributed by atoms with Gasteiger partial charge < -0.3 is 51.7 Å². The van der Waals surface area contributed by atoms with Crippen LogP contribution in [0.5, 0.6) is 0 Å². The second kappa shape index (κ2) is 24.2. The number of benzene rings is 1. The van der Waals surface area contributed by atoms with Crippen LogP contribution in [0.1, 0.15) is 44.0 Å². The highest BCUT2D eigenvalue weighted by Gasteiger charge is 1.94. The van der Waals surface area contributed by atoms with E-state index in [1.165, 1.54) is 0 Å². The van der Waals surface area contributed by atoms with Crippen LogP contribution in [0.25, 0.3) is 0 Å². The van der Waals surface area contributed by atoms with E-state index in [0.29, 0.717) is 0 Å². The number of carbonyl (C=O) groups excluding carboxylic acids is 2. The summed E-state index contributed by atoms with van der Waals surface area (Å²) in [6.07, 6.45) is 14.5. The minimum absolute atomic E-state index is 0. The highest BCUT2D eigenvalue weighted by Crippen LogP contribution is 2.01. The fourth-order valence-corrected chi connectivity index (χ4v) is 2.18. The Morgan fingerprint density at radius 3 is 1.02 bits per heavy atom. The summed E-state index contributed by atoms with van der Waals surface area (Å²) in [5.74, 6) is 1.45. The van der Waals surface area contributed by atoms with E-state index in [9.17, 15) is 19.8 Å². The average molecular weight is 567 g/mol. The van der Waals surface area contributed by atoms with Gasteiger partial charge in [-0.15, -0.1) is 0 Å². The Morgan fingerprint density at radius 1 is 0.600 bits per heavy atom. The van der Waals surface area contributed by atoms with E-state index in [2.05, 4.69) is 39.9 Å². The maximum Gasteiger partial charge on any atom is 0.248 e. The van der Waals surface area contributed by atoms with Crippen LogP contribution in [0.4, 0.5) is 0 Å². The van der Waals surface area contributed by atoms with Crippen molar-refractivity contribution < 1.29 is 51.7 Å². The lowest BCUT2D eigenvalue weighted by atomic mass is 10.1. The molecule has 0 aliphatic carbocycles. The van der Waals surface area contributed by atoms with Crippen molar-refractivity contribution in [3.63, 3.8) is 0 Å². The molecule has 4 heterocycles. The van der Waals surface area contributed by atoms with Crippen LogP contribution in [-0.2, 0) is 0 Å². The van der Waals surface area contributed by atoms with Crippen LogP contribution in [-0.4, -0.2) is 63.7 Å². The van der Waals surface area contributed by atoms with Gasteiger partial charge in [-0.2, -0.15) is 0 Å². The van der Waals surface area contributed by atoms with Gasteiger partial charge in [0.05, 0.1) is 11.9 Å². The van der Waals surface area contributed by atoms with E-state index >= 15 is 0 Å². The van der Waals surface area contributed by atoms with Gasteiger partial charge in [0, 0.05) is 38.6 Å². The zero-order valence-electron chi connectivity index (χ0n) is 22.5. The predicted octanol–water partition coefficient (Wildman–Crippen LogP) is -3.17. The first-order chi connectivity index (χ1) is 17.2. The molecule has 0 saturated heterocycles. The summed E-state index contributed by atoms with van der Waals surface area (Å²) in [6, 6.07) is 4.61. The number of carboxylic acid groups (broad SMARTS) is 2. The summed E-state index contributed by atoms with van der Waals surface area (Å²) in [4.78, 5) is 45.7. The molecule has 0 atom stereocenters. The molecule has 40 heavy (non-hydrogen) atoms. The number of nitrogens with one attached hydrogen (secondary N) is 6. The number of hydrogen-bond donors (Lipinski definition) is 4. The fraction of sp³-hybridized carbons (Fsp3) is 0.167. The number of carboxylic acids is 2.